The zero-order valence-corrected chi connectivity index (χ0v) is 15.2. The van der Waals surface area contributed by atoms with Gasteiger partial charge in [0.2, 0.25) is 0 Å². The van der Waals surface area contributed by atoms with Gasteiger partial charge in [-0.25, -0.2) is 9.97 Å². The first-order chi connectivity index (χ1) is 11.5. The largest absolute Gasteiger partial charge is 0.305 e. The molecule has 0 saturated carbocycles. The molecule has 5 heteroatoms. The molecular formula is C19H27N5. The summed E-state index contributed by atoms with van der Waals surface area (Å²) < 4.78 is 0. The lowest BCUT2D eigenvalue weighted by atomic mass is 10.0. The van der Waals surface area contributed by atoms with Gasteiger partial charge in [-0.1, -0.05) is 6.07 Å². The van der Waals surface area contributed by atoms with Crippen LogP contribution in [0.1, 0.15) is 47.2 Å². The van der Waals surface area contributed by atoms with Crippen molar-refractivity contribution in [3.8, 4) is 0 Å². The van der Waals surface area contributed by atoms with Crippen molar-refractivity contribution < 1.29 is 0 Å². The summed E-state index contributed by atoms with van der Waals surface area (Å²) in [5.41, 5.74) is 4.78. The number of likely N-dealkylation sites (tertiary alicyclic amines) is 1. The Balaban J connectivity index is 1.84. The highest BCUT2D eigenvalue weighted by Gasteiger charge is 2.29. The monoisotopic (exact) mass is 325 g/mol. The van der Waals surface area contributed by atoms with Gasteiger partial charge in [0, 0.05) is 36.7 Å². The molecule has 0 N–H and O–H groups in total. The Bertz CT molecular complexity index is 681. The number of aromatic nitrogens is 3. The highest BCUT2D eigenvalue weighted by Crippen LogP contribution is 2.34. The maximum atomic E-state index is 4.82. The lowest BCUT2D eigenvalue weighted by Gasteiger charge is -2.26. The van der Waals surface area contributed by atoms with E-state index in [0.717, 1.165) is 37.6 Å². The predicted octanol–water partition coefficient (Wildman–Crippen LogP) is 2.89. The van der Waals surface area contributed by atoms with Crippen molar-refractivity contribution in [1.82, 2.24) is 24.8 Å². The van der Waals surface area contributed by atoms with Crippen LogP contribution in [-0.4, -0.2) is 45.4 Å². The molecule has 0 aromatic carbocycles. The molecule has 0 aliphatic carbocycles. The summed E-state index contributed by atoms with van der Waals surface area (Å²) in [6, 6.07) is 4.65. The van der Waals surface area contributed by atoms with E-state index >= 15 is 0 Å². The molecule has 24 heavy (non-hydrogen) atoms. The molecule has 1 atom stereocenters. The van der Waals surface area contributed by atoms with E-state index in [1.165, 1.54) is 23.2 Å². The zero-order chi connectivity index (χ0) is 17.1. The Hall–Kier alpha value is -1.85. The van der Waals surface area contributed by atoms with E-state index in [2.05, 4.69) is 46.0 Å². The minimum Gasteiger partial charge on any atom is -0.305 e. The first-order valence-corrected chi connectivity index (χ1v) is 8.65. The predicted molar refractivity (Wildman–Crippen MR) is 95.5 cm³/mol. The van der Waals surface area contributed by atoms with Gasteiger partial charge in [0.25, 0.3) is 0 Å². The Morgan fingerprint density at radius 2 is 2.00 bits per heavy atom. The van der Waals surface area contributed by atoms with Crippen LogP contribution in [0.15, 0.2) is 24.5 Å². The average Bonchev–Trinajstić information content (AvgIpc) is 2.99. The molecule has 3 rings (SSSR count). The second kappa shape index (κ2) is 7.36. The van der Waals surface area contributed by atoms with E-state index in [1.807, 2.05) is 26.2 Å². The quantitative estimate of drug-likeness (QED) is 0.846. The number of rotatable bonds is 5. The minimum atomic E-state index is 0.378. The van der Waals surface area contributed by atoms with Crippen LogP contribution in [0.5, 0.6) is 0 Å². The number of hydrogen-bond donors (Lipinski definition) is 0. The van der Waals surface area contributed by atoms with Gasteiger partial charge >= 0.3 is 0 Å². The number of pyridine rings is 1. The molecule has 2 aromatic rings. The maximum absolute atomic E-state index is 4.82. The zero-order valence-electron chi connectivity index (χ0n) is 15.2. The van der Waals surface area contributed by atoms with Crippen LogP contribution in [0.2, 0.25) is 0 Å². The van der Waals surface area contributed by atoms with Crippen LogP contribution in [0.4, 0.5) is 0 Å². The third kappa shape index (κ3) is 3.97. The third-order valence-electron chi connectivity index (χ3n) is 4.54. The number of aryl methyl sites for hydroxylation is 2. The summed E-state index contributed by atoms with van der Waals surface area (Å²) in [6.07, 6.45) is 6.38. The SMILES string of the molecule is Cc1ccc(CN2CCC[C@H]2c2nc(C)ncc2CN(C)C)cn1. The second-order valence-corrected chi connectivity index (χ2v) is 7.00. The summed E-state index contributed by atoms with van der Waals surface area (Å²) in [4.78, 5) is 18.4. The van der Waals surface area contributed by atoms with Gasteiger partial charge in [0.15, 0.2) is 0 Å². The Morgan fingerprint density at radius 1 is 1.17 bits per heavy atom. The summed E-state index contributed by atoms with van der Waals surface area (Å²) in [6.45, 7) is 6.93. The molecule has 5 nitrogen and oxygen atoms in total. The first kappa shape index (κ1) is 17.0. The number of nitrogens with zero attached hydrogens (tertiary/aromatic N) is 5. The fourth-order valence-corrected chi connectivity index (χ4v) is 3.42. The van der Waals surface area contributed by atoms with Gasteiger partial charge in [-0.2, -0.15) is 0 Å². The summed E-state index contributed by atoms with van der Waals surface area (Å²) in [5.74, 6) is 0.858. The second-order valence-electron chi connectivity index (χ2n) is 7.00. The Morgan fingerprint density at radius 3 is 2.71 bits per heavy atom. The van der Waals surface area contributed by atoms with Crippen molar-refractivity contribution in [2.75, 3.05) is 20.6 Å². The van der Waals surface area contributed by atoms with E-state index in [1.54, 1.807) is 0 Å². The average molecular weight is 325 g/mol. The molecule has 1 aliphatic heterocycles. The van der Waals surface area contributed by atoms with Gasteiger partial charge in [-0.15, -0.1) is 0 Å². The van der Waals surface area contributed by atoms with E-state index in [9.17, 15) is 0 Å². The van der Waals surface area contributed by atoms with Gasteiger partial charge in [0.1, 0.15) is 5.82 Å². The normalized spacial score (nSPS) is 18.5. The van der Waals surface area contributed by atoms with Crippen molar-refractivity contribution in [2.45, 2.75) is 45.8 Å². The van der Waals surface area contributed by atoms with Gasteiger partial charge in [0.05, 0.1) is 11.7 Å². The van der Waals surface area contributed by atoms with Crippen LogP contribution in [0.25, 0.3) is 0 Å². The van der Waals surface area contributed by atoms with Crippen LogP contribution in [0, 0.1) is 13.8 Å². The van der Waals surface area contributed by atoms with Crippen molar-refractivity contribution in [3.63, 3.8) is 0 Å². The molecule has 0 amide bonds. The van der Waals surface area contributed by atoms with Crippen molar-refractivity contribution in [2.24, 2.45) is 0 Å². The fraction of sp³-hybridized carbons (Fsp3) is 0.526. The van der Waals surface area contributed by atoms with Crippen molar-refractivity contribution in [1.29, 1.82) is 0 Å². The van der Waals surface area contributed by atoms with Crippen molar-refractivity contribution >= 4 is 0 Å². The van der Waals surface area contributed by atoms with Crippen LogP contribution in [-0.2, 0) is 13.1 Å². The van der Waals surface area contributed by atoms with Gasteiger partial charge in [-0.3, -0.25) is 9.88 Å². The fourth-order valence-electron chi connectivity index (χ4n) is 3.42. The van der Waals surface area contributed by atoms with Gasteiger partial charge in [-0.05, 0) is 59.0 Å². The third-order valence-corrected chi connectivity index (χ3v) is 4.54. The standard InChI is InChI=1S/C19H27N5/c1-14-7-8-16(10-20-14)12-24-9-5-6-18(24)19-17(13-23(3)4)11-21-15(2)22-19/h7-8,10-11,18H,5-6,9,12-13H2,1-4H3/t18-/m0/s1. The van der Waals surface area contributed by atoms with E-state index in [-0.39, 0.29) is 0 Å². The molecule has 3 heterocycles. The van der Waals surface area contributed by atoms with E-state index < -0.39 is 0 Å². The molecule has 1 fully saturated rings. The molecule has 1 aliphatic rings. The maximum Gasteiger partial charge on any atom is 0.125 e. The lowest BCUT2D eigenvalue weighted by Crippen LogP contribution is -2.26. The lowest BCUT2D eigenvalue weighted by molar-refractivity contribution is 0.241. The number of hydrogen-bond acceptors (Lipinski definition) is 5. The molecule has 0 radical (unpaired) electrons. The molecular weight excluding hydrogens is 298 g/mol. The molecule has 128 valence electrons. The minimum absolute atomic E-state index is 0.378. The van der Waals surface area contributed by atoms with Gasteiger partial charge < -0.3 is 4.90 Å². The van der Waals surface area contributed by atoms with Crippen LogP contribution >= 0.6 is 0 Å². The van der Waals surface area contributed by atoms with Crippen LogP contribution < -0.4 is 0 Å². The highest BCUT2D eigenvalue weighted by molar-refractivity contribution is 5.23. The Kier molecular flexibility index (Phi) is 5.21. The topological polar surface area (TPSA) is 45.2 Å². The molecule has 2 aromatic heterocycles. The van der Waals surface area contributed by atoms with E-state index in [4.69, 9.17) is 4.98 Å². The van der Waals surface area contributed by atoms with E-state index in [0.29, 0.717) is 6.04 Å². The summed E-state index contributed by atoms with van der Waals surface area (Å²) >= 11 is 0. The smallest absolute Gasteiger partial charge is 0.125 e. The Labute approximate surface area is 144 Å². The van der Waals surface area contributed by atoms with Crippen molar-refractivity contribution in [3.05, 3.63) is 52.9 Å². The molecule has 0 unspecified atom stereocenters. The summed E-state index contributed by atoms with van der Waals surface area (Å²) in [5, 5.41) is 0. The molecule has 1 saturated heterocycles. The molecule has 0 spiro atoms. The molecule has 0 bridgehead atoms. The first-order valence-electron chi connectivity index (χ1n) is 8.65. The van der Waals surface area contributed by atoms with Crippen LogP contribution in [0.3, 0.4) is 0 Å². The highest BCUT2D eigenvalue weighted by atomic mass is 15.2. The summed E-state index contributed by atoms with van der Waals surface area (Å²) in [7, 11) is 4.18.